The van der Waals surface area contributed by atoms with Gasteiger partial charge in [0.25, 0.3) is 0 Å². The number of allylic oxidation sites excluding steroid dienone is 1. The lowest BCUT2D eigenvalue weighted by atomic mass is 9.77. The van der Waals surface area contributed by atoms with Gasteiger partial charge in [0.15, 0.2) is 23.0 Å². The molecule has 0 amide bonds. The Hall–Kier alpha value is -3.67. The maximum Gasteiger partial charge on any atom is 0.166 e. The fraction of sp³-hybridized carbons (Fsp3) is 0.321. The SMILES string of the molecule is C=CC(C)(C)c1c(O)c(O)cc2ccc3c(c12)N(C)C(CC(C)=O)c1c-3ccc(OC)c1OC. The first kappa shape index (κ1) is 23.5. The zero-order valence-corrected chi connectivity index (χ0v) is 20.5. The van der Waals surface area contributed by atoms with Crippen LogP contribution in [-0.2, 0) is 10.2 Å². The van der Waals surface area contributed by atoms with Gasteiger partial charge in [-0.05, 0) is 36.1 Å². The van der Waals surface area contributed by atoms with Crippen LogP contribution in [0.25, 0.3) is 21.9 Å². The number of carbonyl (C=O) groups is 1. The molecule has 0 saturated carbocycles. The minimum atomic E-state index is -0.634. The van der Waals surface area contributed by atoms with E-state index in [0.717, 1.165) is 33.2 Å². The Morgan fingerprint density at radius 3 is 2.41 bits per heavy atom. The lowest BCUT2D eigenvalue weighted by molar-refractivity contribution is -0.117. The summed E-state index contributed by atoms with van der Waals surface area (Å²) in [6.45, 7) is 9.45. The van der Waals surface area contributed by atoms with Crippen LogP contribution in [0.5, 0.6) is 23.0 Å². The van der Waals surface area contributed by atoms with Gasteiger partial charge in [-0.15, -0.1) is 6.58 Å². The van der Waals surface area contributed by atoms with Gasteiger partial charge in [0.1, 0.15) is 5.78 Å². The van der Waals surface area contributed by atoms with Gasteiger partial charge in [0, 0.05) is 41.0 Å². The number of hydrogen-bond acceptors (Lipinski definition) is 6. The Kier molecular flexibility index (Phi) is 5.72. The van der Waals surface area contributed by atoms with Crippen molar-refractivity contribution in [1.82, 2.24) is 0 Å². The molecule has 0 saturated heterocycles. The third-order valence-corrected chi connectivity index (χ3v) is 6.89. The first-order chi connectivity index (χ1) is 16.1. The van der Waals surface area contributed by atoms with E-state index in [9.17, 15) is 15.0 Å². The molecule has 6 nitrogen and oxygen atoms in total. The van der Waals surface area contributed by atoms with E-state index in [1.807, 2.05) is 45.2 Å². The quantitative estimate of drug-likeness (QED) is 0.353. The van der Waals surface area contributed by atoms with Gasteiger partial charge in [-0.2, -0.15) is 0 Å². The molecule has 1 unspecified atom stereocenters. The number of phenols is 2. The molecule has 0 aliphatic carbocycles. The molecule has 0 fully saturated rings. The topological polar surface area (TPSA) is 79.2 Å². The van der Waals surface area contributed by atoms with Gasteiger partial charge >= 0.3 is 0 Å². The Morgan fingerprint density at radius 1 is 1.15 bits per heavy atom. The summed E-state index contributed by atoms with van der Waals surface area (Å²) in [7, 11) is 5.14. The molecule has 1 heterocycles. The number of fused-ring (bicyclic) bond motifs is 5. The fourth-order valence-electron chi connectivity index (χ4n) is 5.14. The van der Waals surface area contributed by atoms with Crippen molar-refractivity contribution in [1.29, 1.82) is 0 Å². The van der Waals surface area contributed by atoms with Crippen molar-refractivity contribution in [2.75, 3.05) is 26.2 Å². The molecule has 2 N–H and O–H groups in total. The van der Waals surface area contributed by atoms with Crippen molar-refractivity contribution in [3.05, 3.63) is 54.1 Å². The third kappa shape index (κ3) is 3.36. The summed E-state index contributed by atoms with van der Waals surface area (Å²) in [5, 5.41) is 23.1. The molecule has 3 aromatic carbocycles. The van der Waals surface area contributed by atoms with E-state index in [2.05, 4.69) is 11.5 Å². The van der Waals surface area contributed by atoms with Gasteiger partial charge in [-0.3, -0.25) is 4.79 Å². The van der Waals surface area contributed by atoms with Crippen molar-refractivity contribution >= 4 is 22.2 Å². The van der Waals surface area contributed by atoms with Crippen molar-refractivity contribution in [2.45, 2.75) is 38.6 Å². The smallest absolute Gasteiger partial charge is 0.166 e. The number of carbonyl (C=O) groups excluding carboxylic acids is 1. The molecule has 1 aliphatic heterocycles. The van der Waals surface area contributed by atoms with Gasteiger partial charge in [0.05, 0.1) is 25.9 Å². The molecule has 3 aromatic rings. The molecule has 1 aliphatic rings. The number of Topliss-reactive ketones (excluding diaryl/α,β-unsaturated/α-hetero) is 1. The molecule has 6 heteroatoms. The van der Waals surface area contributed by atoms with Gasteiger partial charge in [0.2, 0.25) is 0 Å². The highest BCUT2D eigenvalue weighted by molar-refractivity contribution is 6.08. The highest BCUT2D eigenvalue weighted by Crippen LogP contribution is 2.56. The van der Waals surface area contributed by atoms with Gasteiger partial charge in [-0.25, -0.2) is 0 Å². The maximum atomic E-state index is 12.4. The van der Waals surface area contributed by atoms with Crippen molar-refractivity contribution < 1.29 is 24.5 Å². The predicted molar refractivity (Wildman–Crippen MR) is 135 cm³/mol. The minimum Gasteiger partial charge on any atom is -0.504 e. The van der Waals surface area contributed by atoms with Crippen LogP contribution >= 0.6 is 0 Å². The van der Waals surface area contributed by atoms with E-state index in [1.54, 1.807) is 33.3 Å². The second kappa shape index (κ2) is 8.28. The monoisotopic (exact) mass is 461 g/mol. The molecule has 178 valence electrons. The van der Waals surface area contributed by atoms with Crippen LogP contribution in [0.15, 0.2) is 43.0 Å². The Labute approximate surface area is 200 Å². The van der Waals surface area contributed by atoms with Gasteiger partial charge in [-0.1, -0.05) is 32.1 Å². The molecular formula is C28H31NO5. The summed E-state index contributed by atoms with van der Waals surface area (Å²) in [4.78, 5) is 14.5. The zero-order chi connectivity index (χ0) is 24.9. The number of phenolic OH excluding ortho intramolecular Hbond substituents is 2. The van der Waals surface area contributed by atoms with Crippen LogP contribution in [0.1, 0.15) is 44.4 Å². The average Bonchev–Trinajstić information content (AvgIpc) is 2.80. The number of methoxy groups -OCH3 is 2. The fourth-order valence-corrected chi connectivity index (χ4v) is 5.14. The highest BCUT2D eigenvalue weighted by atomic mass is 16.5. The highest BCUT2D eigenvalue weighted by Gasteiger charge is 2.37. The van der Waals surface area contributed by atoms with E-state index in [0.29, 0.717) is 17.1 Å². The van der Waals surface area contributed by atoms with E-state index < -0.39 is 5.41 Å². The van der Waals surface area contributed by atoms with Crippen LogP contribution in [0, 0.1) is 0 Å². The molecule has 0 aromatic heterocycles. The lowest BCUT2D eigenvalue weighted by Gasteiger charge is -2.40. The van der Waals surface area contributed by atoms with Gasteiger partial charge < -0.3 is 24.6 Å². The molecule has 4 rings (SSSR count). The third-order valence-electron chi connectivity index (χ3n) is 6.89. The number of anilines is 1. The second-order valence-corrected chi connectivity index (χ2v) is 9.40. The molecule has 1 atom stereocenters. The van der Waals surface area contributed by atoms with Crippen LogP contribution in [0.2, 0.25) is 0 Å². The number of ketones is 1. The summed E-state index contributed by atoms with van der Waals surface area (Å²) in [5.74, 6) is 0.902. The van der Waals surface area contributed by atoms with Crippen molar-refractivity contribution in [3.8, 4) is 34.1 Å². The first-order valence-corrected chi connectivity index (χ1v) is 11.2. The minimum absolute atomic E-state index is 0.0449. The zero-order valence-electron chi connectivity index (χ0n) is 20.5. The Balaban J connectivity index is 2.20. The number of benzene rings is 3. The summed E-state index contributed by atoms with van der Waals surface area (Å²) < 4.78 is 11.3. The molecule has 0 radical (unpaired) electrons. The van der Waals surface area contributed by atoms with Crippen LogP contribution in [0.4, 0.5) is 5.69 Å². The van der Waals surface area contributed by atoms with Crippen LogP contribution < -0.4 is 14.4 Å². The molecule has 0 bridgehead atoms. The number of nitrogens with zero attached hydrogens (tertiary/aromatic N) is 1. The Bertz CT molecular complexity index is 1320. The van der Waals surface area contributed by atoms with Crippen LogP contribution in [0.3, 0.4) is 0 Å². The number of ether oxygens (including phenoxy) is 2. The molecule has 0 spiro atoms. The maximum absolute atomic E-state index is 12.4. The number of hydrogen-bond donors (Lipinski definition) is 2. The molecule has 34 heavy (non-hydrogen) atoms. The van der Waals surface area contributed by atoms with Crippen LogP contribution in [-0.4, -0.2) is 37.3 Å². The summed E-state index contributed by atoms with van der Waals surface area (Å²) in [5.41, 5.74) is 3.60. The number of rotatable bonds is 6. The predicted octanol–water partition coefficient (Wildman–Crippen LogP) is 5.87. The Morgan fingerprint density at radius 2 is 1.82 bits per heavy atom. The first-order valence-electron chi connectivity index (χ1n) is 11.2. The van der Waals surface area contributed by atoms with Crippen molar-refractivity contribution in [2.24, 2.45) is 0 Å². The van der Waals surface area contributed by atoms with E-state index in [-0.39, 0.29) is 29.7 Å². The molecular weight excluding hydrogens is 430 g/mol. The average molecular weight is 462 g/mol. The number of aromatic hydroxyl groups is 2. The standard InChI is InChI=1S/C28H31NO5/c1-8-28(3,4)24-22-16(14-20(31)26(24)32)9-10-18-17-11-12-21(33-6)27(34-7)23(17)19(13-15(2)30)29(5)25(18)22/h8-12,14,19,31-32H,1,13H2,2-7H3. The largest absolute Gasteiger partial charge is 0.504 e. The van der Waals surface area contributed by atoms with Crippen molar-refractivity contribution in [3.63, 3.8) is 0 Å². The van der Waals surface area contributed by atoms with E-state index >= 15 is 0 Å². The lowest BCUT2D eigenvalue weighted by Crippen LogP contribution is -2.31. The normalized spacial score (nSPS) is 15.0. The van der Waals surface area contributed by atoms with E-state index in [4.69, 9.17) is 9.47 Å². The summed E-state index contributed by atoms with van der Waals surface area (Å²) in [6.07, 6.45) is 2.03. The second-order valence-electron chi connectivity index (χ2n) is 9.40. The summed E-state index contributed by atoms with van der Waals surface area (Å²) in [6, 6.07) is 9.06. The summed E-state index contributed by atoms with van der Waals surface area (Å²) >= 11 is 0. The van der Waals surface area contributed by atoms with E-state index in [1.165, 1.54) is 0 Å².